The van der Waals surface area contributed by atoms with Crippen molar-refractivity contribution in [2.75, 3.05) is 11.6 Å². The fourth-order valence-electron chi connectivity index (χ4n) is 1.18. The molecule has 2 nitrogen and oxygen atoms in total. The quantitative estimate of drug-likeness (QED) is 0.431. The van der Waals surface area contributed by atoms with Crippen molar-refractivity contribution in [3.8, 4) is 0 Å². The van der Waals surface area contributed by atoms with Crippen LogP contribution in [0.5, 0.6) is 0 Å². The summed E-state index contributed by atoms with van der Waals surface area (Å²) in [5, 5.41) is -7.15. The van der Waals surface area contributed by atoms with Gasteiger partial charge in [-0.15, -0.1) is 11.6 Å². The Morgan fingerprint density at radius 3 is 1.20 bits per heavy atom. The van der Waals surface area contributed by atoms with Crippen molar-refractivity contribution in [3.05, 3.63) is 0 Å². The molecule has 152 valence electrons. The van der Waals surface area contributed by atoms with Crippen LogP contribution in [0.15, 0.2) is 0 Å². The lowest BCUT2D eigenvalue weighted by Crippen LogP contribution is -2.71. The van der Waals surface area contributed by atoms with Crippen molar-refractivity contribution in [1.29, 1.82) is 0 Å². The highest BCUT2D eigenvalue weighted by molar-refractivity contribution is 7.92. The SMILES string of the molecule is O=S(=O)(CCCl)C(F)(F)C(F)(F)C(F)(F)C(F)(F)C(F)(F)C(F)(F)F. The Hall–Kier alpha value is -0.670. The fraction of sp³-hybridized carbons (Fsp3) is 1.00. The smallest absolute Gasteiger partial charge is 0.222 e. The second-order valence-corrected chi connectivity index (χ2v) is 6.85. The van der Waals surface area contributed by atoms with Crippen LogP contribution in [-0.4, -0.2) is 55.2 Å². The Labute approximate surface area is 134 Å². The van der Waals surface area contributed by atoms with Crippen molar-refractivity contribution in [2.45, 2.75) is 35.1 Å². The van der Waals surface area contributed by atoms with E-state index in [-0.39, 0.29) is 0 Å². The van der Waals surface area contributed by atoms with E-state index < -0.39 is 56.6 Å². The second kappa shape index (κ2) is 6.20. The van der Waals surface area contributed by atoms with Crippen LogP contribution in [0.25, 0.3) is 0 Å². The molecule has 17 heteroatoms. The summed E-state index contributed by atoms with van der Waals surface area (Å²) in [5.74, 6) is -35.7. The fourth-order valence-corrected chi connectivity index (χ4v) is 2.77. The summed E-state index contributed by atoms with van der Waals surface area (Å²) in [4.78, 5) is 0. The molecule has 0 saturated carbocycles. The lowest BCUT2D eigenvalue weighted by molar-refractivity contribution is -0.433. The first-order valence-electron chi connectivity index (χ1n) is 5.30. The highest BCUT2D eigenvalue weighted by Crippen LogP contribution is 2.61. The minimum Gasteiger partial charge on any atom is -0.222 e. The lowest BCUT2D eigenvalue weighted by Gasteiger charge is -2.39. The molecular formula is C8H4ClF13O2S. The van der Waals surface area contributed by atoms with Crippen molar-refractivity contribution >= 4 is 21.4 Å². The van der Waals surface area contributed by atoms with Crippen molar-refractivity contribution < 1.29 is 65.5 Å². The largest absolute Gasteiger partial charge is 0.460 e. The van der Waals surface area contributed by atoms with Crippen LogP contribution in [0.2, 0.25) is 0 Å². The molecule has 0 atom stereocenters. The van der Waals surface area contributed by atoms with E-state index >= 15 is 0 Å². The molecule has 0 N–H and O–H groups in total. The maximum atomic E-state index is 13.1. The highest BCUT2D eigenvalue weighted by Gasteiger charge is 2.92. The molecule has 0 radical (unpaired) electrons. The third-order valence-corrected chi connectivity index (χ3v) is 4.83. The van der Waals surface area contributed by atoms with E-state index in [1.807, 2.05) is 0 Å². The summed E-state index contributed by atoms with van der Waals surface area (Å²) < 4.78 is 186. The third kappa shape index (κ3) is 3.23. The van der Waals surface area contributed by atoms with Crippen LogP contribution >= 0.6 is 11.6 Å². The van der Waals surface area contributed by atoms with Gasteiger partial charge in [0.15, 0.2) is 0 Å². The second-order valence-electron chi connectivity index (χ2n) is 4.32. The molecule has 0 aliphatic heterocycles. The summed E-state index contributed by atoms with van der Waals surface area (Å²) >= 11 is 4.62. The molecule has 0 spiro atoms. The highest BCUT2D eigenvalue weighted by atomic mass is 35.5. The summed E-state index contributed by atoms with van der Waals surface area (Å²) in [6, 6.07) is 0. The maximum Gasteiger partial charge on any atom is 0.460 e. The topological polar surface area (TPSA) is 34.1 Å². The minimum absolute atomic E-state index is 1.44. The summed E-state index contributed by atoms with van der Waals surface area (Å²) in [6.45, 7) is 0. The van der Waals surface area contributed by atoms with Gasteiger partial charge in [0.2, 0.25) is 9.84 Å². The molecule has 0 unspecified atom stereocenters. The standard InChI is InChI=1S/C8H4ClF13O2S/c9-1-2-25(23,24)8(21,22)6(16,17)4(12,13)3(10,11)5(14,15)7(18,19)20/h1-2H2. The molecule has 0 amide bonds. The van der Waals surface area contributed by atoms with Gasteiger partial charge in [0.25, 0.3) is 0 Å². The van der Waals surface area contributed by atoms with Gasteiger partial charge in [0.05, 0.1) is 5.75 Å². The van der Waals surface area contributed by atoms with Crippen LogP contribution < -0.4 is 0 Å². The van der Waals surface area contributed by atoms with Gasteiger partial charge in [0.1, 0.15) is 0 Å². The van der Waals surface area contributed by atoms with Crippen LogP contribution in [0.3, 0.4) is 0 Å². The molecule has 0 saturated heterocycles. The average Bonchev–Trinajstić information content (AvgIpc) is 2.35. The van der Waals surface area contributed by atoms with Crippen molar-refractivity contribution in [3.63, 3.8) is 0 Å². The average molecular weight is 447 g/mol. The molecule has 25 heavy (non-hydrogen) atoms. The van der Waals surface area contributed by atoms with E-state index in [0.717, 1.165) is 0 Å². The van der Waals surface area contributed by atoms with Gasteiger partial charge in [-0.2, -0.15) is 57.1 Å². The van der Waals surface area contributed by atoms with E-state index in [1.54, 1.807) is 0 Å². The predicted molar refractivity (Wildman–Crippen MR) is 55.3 cm³/mol. The van der Waals surface area contributed by atoms with E-state index in [4.69, 9.17) is 0 Å². The Morgan fingerprint density at radius 2 is 0.920 bits per heavy atom. The Bertz CT molecular complexity index is 594. The number of hydrogen-bond donors (Lipinski definition) is 0. The number of hydrogen-bond acceptors (Lipinski definition) is 2. The van der Waals surface area contributed by atoms with Gasteiger partial charge in [-0.05, 0) is 0 Å². The molecule has 0 bridgehead atoms. The first-order valence-corrected chi connectivity index (χ1v) is 7.49. The van der Waals surface area contributed by atoms with Crippen LogP contribution in [0.4, 0.5) is 57.1 Å². The number of halogens is 14. The zero-order chi connectivity index (χ0) is 20.9. The van der Waals surface area contributed by atoms with Crippen LogP contribution in [-0.2, 0) is 9.84 Å². The van der Waals surface area contributed by atoms with Gasteiger partial charge in [0, 0.05) is 5.88 Å². The molecule has 0 heterocycles. The first kappa shape index (κ1) is 24.3. The summed E-state index contributed by atoms with van der Waals surface area (Å²) in [6.07, 6.45) is -7.56. The van der Waals surface area contributed by atoms with Gasteiger partial charge in [-0.3, -0.25) is 0 Å². The Balaban J connectivity index is 6.50. The maximum absolute atomic E-state index is 13.1. The minimum atomic E-state index is -8.14. The summed E-state index contributed by atoms with van der Waals surface area (Å²) in [5.41, 5.74) is 0. The van der Waals surface area contributed by atoms with E-state index in [1.165, 1.54) is 0 Å². The zero-order valence-corrected chi connectivity index (χ0v) is 12.5. The van der Waals surface area contributed by atoms with Crippen molar-refractivity contribution in [1.82, 2.24) is 0 Å². The number of sulfone groups is 1. The van der Waals surface area contributed by atoms with Crippen molar-refractivity contribution in [2.24, 2.45) is 0 Å². The molecule has 0 rings (SSSR count). The number of alkyl halides is 14. The van der Waals surface area contributed by atoms with E-state index in [2.05, 4.69) is 11.6 Å². The lowest BCUT2D eigenvalue weighted by atomic mass is 9.98. The molecular weight excluding hydrogens is 443 g/mol. The van der Waals surface area contributed by atoms with Gasteiger partial charge >= 0.3 is 35.1 Å². The molecule has 0 aromatic carbocycles. The van der Waals surface area contributed by atoms with E-state index in [0.29, 0.717) is 0 Å². The Kier molecular flexibility index (Phi) is 6.03. The van der Waals surface area contributed by atoms with Gasteiger partial charge in [-0.1, -0.05) is 0 Å². The molecule has 0 fully saturated rings. The predicted octanol–water partition coefficient (Wildman–Crippen LogP) is 4.34. The number of rotatable bonds is 7. The molecule has 0 aliphatic carbocycles. The monoisotopic (exact) mass is 446 g/mol. The van der Waals surface area contributed by atoms with E-state index in [9.17, 15) is 65.5 Å². The van der Waals surface area contributed by atoms with Crippen LogP contribution in [0, 0.1) is 0 Å². The third-order valence-electron chi connectivity index (χ3n) is 2.64. The normalized spacial score (nSPS) is 16.2. The molecule has 0 aromatic rings. The van der Waals surface area contributed by atoms with Crippen LogP contribution in [0.1, 0.15) is 0 Å². The van der Waals surface area contributed by atoms with Gasteiger partial charge < -0.3 is 0 Å². The molecule has 0 aliphatic rings. The first-order chi connectivity index (χ1) is 10.6. The summed E-state index contributed by atoms with van der Waals surface area (Å²) in [7, 11) is -6.75. The Morgan fingerprint density at radius 1 is 0.600 bits per heavy atom. The zero-order valence-electron chi connectivity index (χ0n) is 10.9. The molecule has 0 aromatic heterocycles. The van der Waals surface area contributed by atoms with Gasteiger partial charge in [-0.25, -0.2) is 8.42 Å².